The van der Waals surface area contributed by atoms with Crippen LogP contribution in [0.5, 0.6) is 0 Å². The van der Waals surface area contributed by atoms with Crippen molar-refractivity contribution in [3.05, 3.63) is 71.8 Å². The summed E-state index contributed by atoms with van der Waals surface area (Å²) in [5, 5.41) is 0. The van der Waals surface area contributed by atoms with Gasteiger partial charge in [-0.2, -0.15) is 0 Å². The van der Waals surface area contributed by atoms with Crippen LogP contribution < -0.4 is 0 Å². The van der Waals surface area contributed by atoms with Gasteiger partial charge in [-0.15, -0.1) is 0 Å². The zero-order chi connectivity index (χ0) is 20.3. The van der Waals surface area contributed by atoms with Gasteiger partial charge in [0.15, 0.2) is 0 Å². The van der Waals surface area contributed by atoms with Crippen LogP contribution in [0.1, 0.15) is 38.8 Å². The van der Waals surface area contributed by atoms with Crippen molar-refractivity contribution in [2.75, 3.05) is 0 Å². The van der Waals surface area contributed by atoms with Gasteiger partial charge in [0.1, 0.15) is 0 Å². The Morgan fingerprint density at radius 2 is 0.926 bits per heavy atom. The number of benzene rings is 2. The third-order valence-electron chi connectivity index (χ3n) is 4.42. The van der Waals surface area contributed by atoms with Crippen LogP contribution in [0.4, 0.5) is 0 Å². The molecule has 0 fully saturated rings. The molecule has 0 saturated heterocycles. The third-order valence-corrected chi connectivity index (χ3v) is 10.8. The average Bonchev–Trinajstić information content (AvgIpc) is 2.62. The molecule has 0 aliphatic heterocycles. The predicted octanol–water partition coefficient (Wildman–Crippen LogP) is 3.08. The molecule has 0 bridgehead atoms. The summed E-state index contributed by atoms with van der Waals surface area (Å²) in [6.45, 7) is 5.98. The molecule has 2 aromatic rings. The van der Waals surface area contributed by atoms with Crippen LogP contribution in [0.15, 0.2) is 60.7 Å². The molecular weight excluding hydrogens is 455 g/mol. The fourth-order valence-corrected chi connectivity index (χ4v) is 7.14. The van der Waals surface area contributed by atoms with Crippen molar-refractivity contribution in [1.82, 2.24) is 0 Å². The molecule has 2 aromatic carbocycles. The first-order chi connectivity index (χ1) is 12.4. The fraction of sp³-hybridized carbons (Fsp3) is 0.333. The van der Waals surface area contributed by atoms with Crippen LogP contribution >= 0.6 is 0 Å². The number of rotatable bonds is 8. The number of hydrogen-bond acceptors (Lipinski definition) is 6. The minimum atomic E-state index is -4.11. The molecule has 0 aliphatic rings. The Labute approximate surface area is 168 Å². The quantitative estimate of drug-likeness (QED) is 0.543. The molecule has 0 heterocycles. The summed E-state index contributed by atoms with van der Waals surface area (Å²) in [5.41, 5.74) is 1.07. The second-order valence-corrected chi connectivity index (χ2v) is 13.0. The molecule has 0 unspecified atom stereocenters. The molecule has 0 atom stereocenters. The molecule has 0 N–H and O–H groups in total. The molecule has 0 aliphatic carbocycles. The van der Waals surface area contributed by atoms with Crippen LogP contribution in [0, 0.1) is 0 Å². The molecule has 2 rings (SSSR count). The summed E-state index contributed by atoms with van der Waals surface area (Å²) < 4.78 is 57.5. The first-order valence-corrected chi connectivity index (χ1v) is 12.3. The zero-order valence-electron chi connectivity index (χ0n) is 15.4. The van der Waals surface area contributed by atoms with E-state index in [1.54, 1.807) is 60.7 Å². The van der Waals surface area contributed by atoms with Crippen LogP contribution in [-0.2, 0) is 36.3 Å². The summed E-state index contributed by atoms with van der Waals surface area (Å²) in [7, 11) is -8.21. The molecule has 6 nitrogen and oxygen atoms in total. The van der Waals surface area contributed by atoms with E-state index in [1.165, 1.54) is 27.7 Å². The SMILES string of the molecule is CC(C)(c1ccccc1)S(=O)(=O)O[Se]OS(=O)(=O)C(C)(C)c1ccccc1. The normalized spacial score (nSPS) is 13.5. The Morgan fingerprint density at radius 1 is 0.630 bits per heavy atom. The maximum atomic E-state index is 12.6. The van der Waals surface area contributed by atoms with E-state index in [0.29, 0.717) is 11.1 Å². The van der Waals surface area contributed by atoms with E-state index in [-0.39, 0.29) is 0 Å². The third kappa shape index (κ3) is 4.62. The molecular formula is C18H22O6S2Se. The average molecular weight is 477 g/mol. The molecule has 0 aromatic heterocycles. The number of hydrogen-bond donors (Lipinski definition) is 0. The zero-order valence-corrected chi connectivity index (χ0v) is 18.8. The Kier molecular flexibility index (Phi) is 6.56. The van der Waals surface area contributed by atoms with Crippen molar-refractivity contribution < 1.29 is 23.4 Å². The van der Waals surface area contributed by atoms with Gasteiger partial charge in [0.2, 0.25) is 0 Å². The van der Waals surface area contributed by atoms with Gasteiger partial charge in [-0.05, 0) is 0 Å². The molecule has 0 saturated carbocycles. The Balaban J connectivity index is 2.13. The second kappa shape index (κ2) is 8.03. The van der Waals surface area contributed by atoms with Crippen molar-refractivity contribution in [3.63, 3.8) is 0 Å². The van der Waals surface area contributed by atoms with E-state index >= 15 is 0 Å². The van der Waals surface area contributed by atoms with Gasteiger partial charge in [-0.1, -0.05) is 0 Å². The Hall–Kier alpha value is -1.22. The van der Waals surface area contributed by atoms with Crippen molar-refractivity contribution in [1.29, 1.82) is 0 Å². The van der Waals surface area contributed by atoms with E-state index < -0.39 is 45.3 Å². The first-order valence-electron chi connectivity index (χ1n) is 8.06. The summed E-state index contributed by atoms with van der Waals surface area (Å²) in [4.78, 5) is 0. The molecule has 27 heavy (non-hydrogen) atoms. The first kappa shape index (κ1) is 22.1. The van der Waals surface area contributed by atoms with Gasteiger partial charge in [-0.25, -0.2) is 0 Å². The van der Waals surface area contributed by atoms with E-state index in [9.17, 15) is 16.8 Å². The van der Waals surface area contributed by atoms with Crippen LogP contribution in [-0.4, -0.2) is 32.5 Å². The standard InChI is InChI=1S/C18H22O6S2Se/c1-17(2,15-11-7-5-8-12-15)25(19,20)23-27-24-26(21,22)18(3,4)16-13-9-6-10-14-16/h5-14H,1-4H3. The van der Waals surface area contributed by atoms with Crippen LogP contribution in [0.2, 0.25) is 0 Å². The van der Waals surface area contributed by atoms with E-state index in [0.717, 1.165) is 0 Å². The summed E-state index contributed by atoms with van der Waals surface area (Å²) in [6, 6.07) is 17.1. The molecule has 148 valence electrons. The summed E-state index contributed by atoms with van der Waals surface area (Å²) >= 11 is -1.56. The predicted molar refractivity (Wildman–Crippen MR) is 105 cm³/mol. The second-order valence-electron chi connectivity index (χ2n) is 6.87. The van der Waals surface area contributed by atoms with Crippen molar-refractivity contribution in [2.45, 2.75) is 37.2 Å². The van der Waals surface area contributed by atoms with Crippen LogP contribution in [0.3, 0.4) is 0 Å². The van der Waals surface area contributed by atoms with Gasteiger partial charge < -0.3 is 0 Å². The van der Waals surface area contributed by atoms with E-state index in [4.69, 9.17) is 6.53 Å². The summed E-state index contributed by atoms with van der Waals surface area (Å²) in [6.07, 6.45) is 0. The minimum absolute atomic E-state index is 0.535. The molecule has 9 heteroatoms. The van der Waals surface area contributed by atoms with Gasteiger partial charge in [0.05, 0.1) is 0 Å². The van der Waals surface area contributed by atoms with E-state index in [1.807, 2.05) is 0 Å². The van der Waals surface area contributed by atoms with Crippen LogP contribution in [0.25, 0.3) is 0 Å². The maximum absolute atomic E-state index is 12.6. The summed E-state index contributed by atoms with van der Waals surface area (Å²) in [5.74, 6) is 0. The van der Waals surface area contributed by atoms with Gasteiger partial charge in [-0.3, -0.25) is 0 Å². The molecule has 0 spiro atoms. The van der Waals surface area contributed by atoms with Gasteiger partial charge >= 0.3 is 168 Å². The van der Waals surface area contributed by atoms with E-state index in [2.05, 4.69) is 0 Å². The van der Waals surface area contributed by atoms with Gasteiger partial charge in [0.25, 0.3) is 0 Å². The molecule has 0 amide bonds. The van der Waals surface area contributed by atoms with Crippen molar-refractivity contribution >= 4 is 35.9 Å². The van der Waals surface area contributed by atoms with Crippen molar-refractivity contribution in [3.8, 4) is 0 Å². The Bertz CT molecular complexity index is 888. The Morgan fingerprint density at radius 3 is 1.22 bits per heavy atom. The molecule has 0 radical (unpaired) electrons. The fourth-order valence-electron chi connectivity index (χ4n) is 2.22. The monoisotopic (exact) mass is 478 g/mol. The van der Waals surface area contributed by atoms with Gasteiger partial charge in [0, 0.05) is 0 Å². The topological polar surface area (TPSA) is 86.7 Å². The van der Waals surface area contributed by atoms with Crippen molar-refractivity contribution in [2.24, 2.45) is 0 Å².